The van der Waals surface area contributed by atoms with E-state index in [9.17, 15) is 4.79 Å². The van der Waals surface area contributed by atoms with Crippen LogP contribution in [0.4, 0.5) is 0 Å². The molecule has 1 aromatic heterocycles. The summed E-state index contributed by atoms with van der Waals surface area (Å²) in [5.41, 5.74) is 2.63. The highest BCUT2D eigenvalue weighted by atomic mass is 16.5. The van der Waals surface area contributed by atoms with Crippen molar-refractivity contribution < 1.29 is 14.6 Å². The van der Waals surface area contributed by atoms with Gasteiger partial charge in [0, 0.05) is 11.3 Å². The minimum atomic E-state index is -0.239. The molecule has 1 aromatic rings. The van der Waals surface area contributed by atoms with Crippen LogP contribution in [0.25, 0.3) is 0 Å². The molecule has 0 aliphatic rings. The van der Waals surface area contributed by atoms with Crippen LogP contribution in [-0.2, 0) is 22.5 Å². The van der Waals surface area contributed by atoms with Crippen molar-refractivity contribution in [3.63, 3.8) is 0 Å². The van der Waals surface area contributed by atoms with Gasteiger partial charge in [0.05, 0.1) is 31.9 Å². The van der Waals surface area contributed by atoms with Gasteiger partial charge >= 0.3 is 5.97 Å². The molecular weight excluding hydrogens is 208 g/mol. The van der Waals surface area contributed by atoms with E-state index in [1.807, 2.05) is 13.8 Å². The predicted octanol–water partition coefficient (Wildman–Crippen LogP) is 0.598. The van der Waals surface area contributed by atoms with Crippen LogP contribution in [0.2, 0.25) is 0 Å². The first-order chi connectivity index (χ1) is 7.60. The zero-order valence-electron chi connectivity index (χ0n) is 9.99. The molecule has 0 saturated heterocycles. The molecule has 0 spiro atoms. The molecule has 0 bridgehead atoms. The van der Waals surface area contributed by atoms with Crippen molar-refractivity contribution in [2.45, 2.75) is 33.7 Å². The van der Waals surface area contributed by atoms with Gasteiger partial charge in [-0.05, 0) is 20.8 Å². The zero-order valence-corrected chi connectivity index (χ0v) is 9.99. The van der Waals surface area contributed by atoms with Crippen molar-refractivity contribution in [3.05, 3.63) is 17.0 Å². The SMILES string of the molecule is CCOC(=O)Cc1c(C)nn(CCO)c1C. The lowest BCUT2D eigenvalue weighted by Crippen LogP contribution is -2.10. The number of aromatic nitrogens is 2. The molecule has 0 amide bonds. The molecular formula is C11H18N2O3. The van der Waals surface area contributed by atoms with Crippen molar-refractivity contribution in [2.75, 3.05) is 13.2 Å². The Kier molecular flexibility index (Phi) is 4.49. The minimum absolute atomic E-state index is 0.0425. The summed E-state index contributed by atoms with van der Waals surface area (Å²) < 4.78 is 6.61. The average molecular weight is 226 g/mol. The highest BCUT2D eigenvalue weighted by molar-refractivity contribution is 5.73. The Hall–Kier alpha value is -1.36. The fourth-order valence-corrected chi connectivity index (χ4v) is 1.66. The van der Waals surface area contributed by atoms with E-state index >= 15 is 0 Å². The lowest BCUT2D eigenvalue weighted by atomic mass is 10.1. The molecule has 0 saturated carbocycles. The Balaban J connectivity index is 2.83. The Labute approximate surface area is 95.0 Å². The van der Waals surface area contributed by atoms with Gasteiger partial charge in [-0.15, -0.1) is 0 Å². The summed E-state index contributed by atoms with van der Waals surface area (Å²) in [6.45, 7) is 6.42. The summed E-state index contributed by atoms with van der Waals surface area (Å²) in [5, 5.41) is 13.1. The van der Waals surface area contributed by atoms with E-state index in [4.69, 9.17) is 9.84 Å². The van der Waals surface area contributed by atoms with Crippen LogP contribution in [0.1, 0.15) is 23.9 Å². The second-order valence-corrected chi connectivity index (χ2v) is 3.58. The number of ether oxygens (including phenoxy) is 1. The van der Waals surface area contributed by atoms with E-state index in [0.717, 1.165) is 17.0 Å². The number of hydrogen-bond acceptors (Lipinski definition) is 4. The second kappa shape index (κ2) is 5.65. The number of hydrogen-bond donors (Lipinski definition) is 1. The van der Waals surface area contributed by atoms with E-state index in [0.29, 0.717) is 13.2 Å². The normalized spacial score (nSPS) is 10.5. The molecule has 1 N–H and O–H groups in total. The largest absolute Gasteiger partial charge is 0.466 e. The molecule has 1 rings (SSSR count). The van der Waals surface area contributed by atoms with Gasteiger partial charge in [0.15, 0.2) is 0 Å². The van der Waals surface area contributed by atoms with Gasteiger partial charge in [0.2, 0.25) is 0 Å². The van der Waals surface area contributed by atoms with E-state index in [1.165, 1.54) is 0 Å². The van der Waals surface area contributed by atoms with Crippen molar-refractivity contribution >= 4 is 5.97 Å². The molecule has 0 aromatic carbocycles. The molecule has 0 aliphatic heterocycles. The summed E-state index contributed by atoms with van der Waals surface area (Å²) >= 11 is 0. The van der Waals surface area contributed by atoms with Gasteiger partial charge in [0.25, 0.3) is 0 Å². The van der Waals surface area contributed by atoms with Crippen LogP contribution >= 0.6 is 0 Å². The average Bonchev–Trinajstić information content (AvgIpc) is 2.47. The predicted molar refractivity (Wildman–Crippen MR) is 59.1 cm³/mol. The van der Waals surface area contributed by atoms with Crippen molar-refractivity contribution in [1.29, 1.82) is 0 Å². The molecule has 0 unspecified atom stereocenters. The van der Waals surface area contributed by atoms with E-state index in [1.54, 1.807) is 11.6 Å². The number of rotatable bonds is 5. The van der Waals surface area contributed by atoms with Crippen LogP contribution in [0.15, 0.2) is 0 Å². The molecule has 16 heavy (non-hydrogen) atoms. The van der Waals surface area contributed by atoms with Crippen LogP contribution in [0.3, 0.4) is 0 Å². The Morgan fingerprint density at radius 2 is 2.19 bits per heavy atom. The maximum atomic E-state index is 11.4. The van der Waals surface area contributed by atoms with Crippen LogP contribution in [0, 0.1) is 13.8 Å². The Bertz CT molecular complexity index is 372. The van der Waals surface area contributed by atoms with Crippen LogP contribution < -0.4 is 0 Å². The molecule has 1 heterocycles. The first kappa shape index (κ1) is 12.7. The quantitative estimate of drug-likeness (QED) is 0.747. The number of aliphatic hydroxyl groups excluding tert-OH is 1. The topological polar surface area (TPSA) is 64.3 Å². The molecule has 5 nitrogen and oxygen atoms in total. The molecule has 0 aliphatic carbocycles. The van der Waals surface area contributed by atoms with E-state index < -0.39 is 0 Å². The summed E-state index contributed by atoms with van der Waals surface area (Å²) in [7, 11) is 0. The first-order valence-corrected chi connectivity index (χ1v) is 5.39. The highest BCUT2D eigenvalue weighted by Crippen LogP contribution is 2.14. The third-order valence-electron chi connectivity index (χ3n) is 2.47. The van der Waals surface area contributed by atoms with Crippen molar-refractivity contribution in [3.8, 4) is 0 Å². The summed E-state index contributed by atoms with van der Waals surface area (Å²) in [4.78, 5) is 11.4. The lowest BCUT2D eigenvalue weighted by Gasteiger charge is -2.03. The third kappa shape index (κ3) is 2.82. The number of aryl methyl sites for hydroxylation is 1. The summed E-state index contributed by atoms with van der Waals surface area (Å²) in [5.74, 6) is -0.239. The second-order valence-electron chi connectivity index (χ2n) is 3.58. The molecule has 0 radical (unpaired) electrons. The van der Waals surface area contributed by atoms with Crippen LogP contribution in [-0.4, -0.2) is 34.1 Å². The monoisotopic (exact) mass is 226 g/mol. The number of carbonyl (C=O) groups excluding carboxylic acids is 1. The lowest BCUT2D eigenvalue weighted by molar-refractivity contribution is -0.142. The number of esters is 1. The zero-order chi connectivity index (χ0) is 12.1. The fraction of sp³-hybridized carbons (Fsp3) is 0.636. The smallest absolute Gasteiger partial charge is 0.310 e. The van der Waals surface area contributed by atoms with Gasteiger partial charge < -0.3 is 9.84 Å². The van der Waals surface area contributed by atoms with Gasteiger partial charge in [-0.2, -0.15) is 5.10 Å². The van der Waals surface area contributed by atoms with Crippen LogP contribution in [0.5, 0.6) is 0 Å². The summed E-state index contributed by atoms with van der Waals surface area (Å²) in [6.07, 6.45) is 0.247. The number of aliphatic hydroxyl groups is 1. The van der Waals surface area contributed by atoms with Crippen molar-refractivity contribution in [2.24, 2.45) is 0 Å². The molecule has 0 fully saturated rings. The highest BCUT2D eigenvalue weighted by Gasteiger charge is 2.15. The van der Waals surface area contributed by atoms with Crippen molar-refractivity contribution in [1.82, 2.24) is 9.78 Å². The standard InChI is InChI=1S/C11H18N2O3/c1-4-16-11(15)7-10-8(2)12-13(5-6-14)9(10)3/h14H,4-7H2,1-3H3. The van der Waals surface area contributed by atoms with Gasteiger partial charge in [0.1, 0.15) is 0 Å². The first-order valence-electron chi connectivity index (χ1n) is 5.39. The minimum Gasteiger partial charge on any atom is -0.466 e. The maximum Gasteiger partial charge on any atom is 0.310 e. The molecule has 5 heteroatoms. The summed E-state index contributed by atoms with van der Waals surface area (Å²) in [6, 6.07) is 0. The van der Waals surface area contributed by atoms with E-state index in [-0.39, 0.29) is 19.0 Å². The van der Waals surface area contributed by atoms with Gasteiger partial charge in [-0.1, -0.05) is 0 Å². The Morgan fingerprint density at radius 3 is 2.75 bits per heavy atom. The number of carbonyl (C=O) groups is 1. The Morgan fingerprint density at radius 1 is 1.50 bits per heavy atom. The number of nitrogens with zero attached hydrogens (tertiary/aromatic N) is 2. The maximum absolute atomic E-state index is 11.4. The van der Waals surface area contributed by atoms with E-state index in [2.05, 4.69) is 5.10 Å². The third-order valence-corrected chi connectivity index (χ3v) is 2.47. The molecule has 0 atom stereocenters. The van der Waals surface area contributed by atoms with Gasteiger partial charge in [-0.25, -0.2) is 0 Å². The fourth-order valence-electron chi connectivity index (χ4n) is 1.66. The van der Waals surface area contributed by atoms with Gasteiger partial charge in [-0.3, -0.25) is 9.48 Å². The molecule has 90 valence electrons.